The first kappa shape index (κ1) is 17.4. The number of nitrogens with zero attached hydrogens (tertiary/aromatic N) is 1. The van der Waals surface area contributed by atoms with Crippen molar-refractivity contribution in [1.29, 1.82) is 0 Å². The molecule has 0 aromatic heterocycles. The number of hydrogen-bond acceptors (Lipinski definition) is 3. The summed E-state index contributed by atoms with van der Waals surface area (Å²) in [4.78, 5) is 26.1. The van der Waals surface area contributed by atoms with E-state index in [1.54, 1.807) is 24.3 Å². The van der Waals surface area contributed by atoms with Crippen LogP contribution in [0, 0.1) is 5.82 Å². The molecular weight excluding hydrogens is 337 g/mol. The van der Waals surface area contributed by atoms with Crippen molar-refractivity contribution in [2.45, 2.75) is 26.3 Å². The number of halogens is 1. The van der Waals surface area contributed by atoms with Gasteiger partial charge in [-0.2, -0.15) is 0 Å². The number of carbonyl (C=O) groups excluding carboxylic acids is 2. The second-order valence-corrected chi connectivity index (χ2v) is 7.17. The van der Waals surface area contributed by atoms with Crippen LogP contribution in [0.3, 0.4) is 0 Å². The lowest BCUT2D eigenvalue weighted by Crippen LogP contribution is -2.27. The zero-order valence-electron chi connectivity index (χ0n) is 14.0. The van der Waals surface area contributed by atoms with Crippen LogP contribution in [-0.2, 0) is 11.3 Å². The van der Waals surface area contributed by atoms with Gasteiger partial charge < -0.3 is 0 Å². The lowest BCUT2D eigenvalue weighted by Gasteiger charge is -2.12. The Morgan fingerprint density at radius 1 is 1.08 bits per heavy atom. The third-order valence-electron chi connectivity index (χ3n) is 4.06. The fraction of sp³-hybridized carbons (Fsp3) is 0.200. The molecule has 1 aliphatic heterocycles. The average molecular weight is 355 g/mol. The highest BCUT2D eigenvalue weighted by Gasteiger charge is 2.35. The standard InChI is InChI=1S/C20H18FNO2S/c1-13(2)15-9-7-14(8-10-15)11-18-19(23)22(20(24)25-18)12-16-5-3-4-6-17(16)21/h3-11,13H,12H2,1-2H3/b18-11-. The topological polar surface area (TPSA) is 37.4 Å². The van der Waals surface area contributed by atoms with Crippen molar-refractivity contribution in [3.63, 3.8) is 0 Å². The summed E-state index contributed by atoms with van der Waals surface area (Å²) in [7, 11) is 0. The smallest absolute Gasteiger partial charge is 0.268 e. The number of imide groups is 1. The Morgan fingerprint density at radius 2 is 1.76 bits per heavy atom. The van der Waals surface area contributed by atoms with Crippen LogP contribution in [0.5, 0.6) is 0 Å². The molecule has 1 saturated heterocycles. The molecule has 0 radical (unpaired) electrons. The first-order chi connectivity index (χ1) is 12.0. The van der Waals surface area contributed by atoms with Crippen molar-refractivity contribution in [1.82, 2.24) is 4.90 Å². The molecule has 3 rings (SSSR count). The highest BCUT2D eigenvalue weighted by atomic mass is 32.2. The quantitative estimate of drug-likeness (QED) is 0.709. The summed E-state index contributed by atoms with van der Waals surface area (Å²) >= 11 is 0.888. The number of thioether (sulfide) groups is 1. The molecule has 25 heavy (non-hydrogen) atoms. The third kappa shape index (κ3) is 3.82. The molecule has 1 fully saturated rings. The highest BCUT2D eigenvalue weighted by molar-refractivity contribution is 8.18. The summed E-state index contributed by atoms with van der Waals surface area (Å²) in [6.07, 6.45) is 1.70. The van der Waals surface area contributed by atoms with E-state index in [-0.39, 0.29) is 17.7 Å². The lowest BCUT2D eigenvalue weighted by atomic mass is 10.0. The predicted molar refractivity (Wildman–Crippen MR) is 98.4 cm³/mol. The minimum Gasteiger partial charge on any atom is -0.268 e. The summed E-state index contributed by atoms with van der Waals surface area (Å²) in [6, 6.07) is 14.0. The summed E-state index contributed by atoms with van der Waals surface area (Å²) in [5.74, 6) is -0.372. The summed E-state index contributed by atoms with van der Waals surface area (Å²) in [6.45, 7) is 4.17. The van der Waals surface area contributed by atoms with E-state index in [1.165, 1.54) is 11.6 Å². The van der Waals surface area contributed by atoms with Crippen molar-refractivity contribution in [3.8, 4) is 0 Å². The zero-order valence-corrected chi connectivity index (χ0v) is 14.8. The van der Waals surface area contributed by atoms with Gasteiger partial charge in [-0.15, -0.1) is 0 Å². The van der Waals surface area contributed by atoms with E-state index in [0.717, 1.165) is 22.2 Å². The molecule has 0 bridgehead atoms. The van der Waals surface area contributed by atoms with Gasteiger partial charge in [0.05, 0.1) is 11.4 Å². The van der Waals surface area contributed by atoms with Crippen LogP contribution in [0.2, 0.25) is 0 Å². The first-order valence-electron chi connectivity index (χ1n) is 8.04. The van der Waals surface area contributed by atoms with Gasteiger partial charge in [-0.05, 0) is 40.9 Å². The molecule has 0 atom stereocenters. The van der Waals surface area contributed by atoms with Crippen LogP contribution in [0.4, 0.5) is 9.18 Å². The summed E-state index contributed by atoms with van der Waals surface area (Å²) in [5, 5.41) is -0.377. The predicted octanol–water partition coefficient (Wildman–Crippen LogP) is 5.19. The highest BCUT2D eigenvalue weighted by Crippen LogP contribution is 2.33. The van der Waals surface area contributed by atoms with Gasteiger partial charge in [0.1, 0.15) is 5.82 Å². The molecule has 0 N–H and O–H groups in total. The third-order valence-corrected chi connectivity index (χ3v) is 4.97. The van der Waals surface area contributed by atoms with Crippen LogP contribution < -0.4 is 0 Å². The van der Waals surface area contributed by atoms with E-state index >= 15 is 0 Å². The van der Waals surface area contributed by atoms with Crippen molar-refractivity contribution < 1.29 is 14.0 Å². The molecular formula is C20H18FNO2S. The number of rotatable bonds is 4. The van der Waals surface area contributed by atoms with Crippen LogP contribution in [-0.4, -0.2) is 16.0 Å². The Bertz CT molecular complexity index is 843. The minimum absolute atomic E-state index is 0.0546. The van der Waals surface area contributed by atoms with Gasteiger partial charge in [0, 0.05) is 5.56 Å². The molecule has 2 aromatic rings. The van der Waals surface area contributed by atoms with Gasteiger partial charge in [0.2, 0.25) is 0 Å². The Hall–Kier alpha value is -2.40. The molecule has 0 unspecified atom stereocenters. The molecule has 3 nitrogen and oxygen atoms in total. The van der Waals surface area contributed by atoms with E-state index in [4.69, 9.17) is 0 Å². The summed E-state index contributed by atoms with van der Waals surface area (Å²) < 4.78 is 13.8. The maximum atomic E-state index is 13.8. The van der Waals surface area contributed by atoms with Gasteiger partial charge in [0.25, 0.3) is 11.1 Å². The van der Waals surface area contributed by atoms with Gasteiger partial charge in [0.15, 0.2) is 0 Å². The van der Waals surface area contributed by atoms with E-state index in [0.29, 0.717) is 16.4 Å². The van der Waals surface area contributed by atoms with Crippen molar-refractivity contribution in [2.75, 3.05) is 0 Å². The SMILES string of the molecule is CC(C)c1ccc(/C=C2\SC(=O)N(Cc3ccccc3F)C2=O)cc1. The first-order valence-corrected chi connectivity index (χ1v) is 8.86. The summed E-state index contributed by atoms with van der Waals surface area (Å²) in [5.41, 5.74) is 2.40. The van der Waals surface area contributed by atoms with E-state index in [9.17, 15) is 14.0 Å². The van der Waals surface area contributed by atoms with Crippen molar-refractivity contribution >= 4 is 29.0 Å². The zero-order chi connectivity index (χ0) is 18.0. The molecule has 128 valence electrons. The van der Waals surface area contributed by atoms with E-state index in [1.807, 2.05) is 24.3 Å². The Morgan fingerprint density at radius 3 is 2.40 bits per heavy atom. The molecule has 1 heterocycles. The fourth-order valence-corrected chi connectivity index (χ4v) is 3.40. The second-order valence-electron chi connectivity index (χ2n) is 6.18. The van der Waals surface area contributed by atoms with E-state index in [2.05, 4.69) is 13.8 Å². The maximum Gasteiger partial charge on any atom is 0.293 e. The monoisotopic (exact) mass is 355 g/mol. The number of benzene rings is 2. The number of hydrogen-bond donors (Lipinski definition) is 0. The van der Waals surface area contributed by atoms with Crippen LogP contribution in [0.15, 0.2) is 53.4 Å². The van der Waals surface area contributed by atoms with Crippen LogP contribution in [0.25, 0.3) is 6.08 Å². The number of carbonyl (C=O) groups is 2. The molecule has 0 spiro atoms. The van der Waals surface area contributed by atoms with E-state index < -0.39 is 5.82 Å². The van der Waals surface area contributed by atoms with Gasteiger partial charge >= 0.3 is 0 Å². The minimum atomic E-state index is -0.421. The average Bonchev–Trinajstić information content (AvgIpc) is 2.85. The molecule has 0 aliphatic carbocycles. The Balaban J connectivity index is 1.79. The molecule has 1 aliphatic rings. The molecule has 5 heteroatoms. The molecule has 2 aromatic carbocycles. The second kappa shape index (κ2) is 7.23. The van der Waals surface area contributed by atoms with Gasteiger partial charge in [-0.3, -0.25) is 14.5 Å². The van der Waals surface area contributed by atoms with Gasteiger partial charge in [-0.1, -0.05) is 56.3 Å². The van der Waals surface area contributed by atoms with Gasteiger partial charge in [-0.25, -0.2) is 4.39 Å². The van der Waals surface area contributed by atoms with Crippen molar-refractivity contribution in [3.05, 3.63) is 75.9 Å². The Labute approximate surface area is 150 Å². The molecule has 0 saturated carbocycles. The van der Waals surface area contributed by atoms with Crippen LogP contribution >= 0.6 is 11.8 Å². The normalized spacial score (nSPS) is 16.3. The number of amides is 2. The van der Waals surface area contributed by atoms with Crippen LogP contribution in [0.1, 0.15) is 36.5 Å². The Kier molecular flexibility index (Phi) is 5.04. The maximum absolute atomic E-state index is 13.8. The lowest BCUT2D eigenvalue weighted by molar-refractivity contribution is -0.123. The molecule has 2 amide bonds. The fourth-order valence-electron chi connectivity index (χ4n) is 2.56. The largest absolute Gasteiger partial charge is 0.293 e. The van der Waals surface area contributed by atoms with Crippen molar-refractivity contribution in [2.24, 2.45) is 0 Å².